The number of hydrogen-bond donors (Lipinski definition) is 0. The third-order valence-corrected chi connectivity index (χ3v) is 4.72. The highest BCUT2D eigenvalue weighted by molar-refractivity contribution is 5.76. The van der Waals surface area contributed by atoms with Crippen molar-refractivity contribution in [3.05, 3.63) is 70.2 Å². The van der Waals surface area contributed by atoms with E-state index in [0.29, 0.717) is 18.1 Å². The van der Waals surface area contributed by atoms with Crippen molar-refractivity contribution in [2.45, 2.75) is 39.4 Å². The van der Waals surface area contributed by atoms with E-state index in [9.17, 15) is 9.59 Å². The molecule has 27 heavy (non-hydrogen) atoms. The van der Waals surface area contributed by atoms with E-state index in [-0.39, 0.29) is 24.2 Å². The molecular formula is C19H23N5O3. The normalized spacial score (nSPS) is 12.1. The van der Waals surface area contributed by atoms with E-state index < -0.39 is 0 Å². The first-order chi connectivity index (χ1) is 13.0. The van der Waals surface area contributed by atoms with Crippen LogP contribution in [0.5, 0.6) is 0 Å². The number of carbonyl (C=O) groups excluding carboxylic acids is 1. The van der Waals surface area contributed by atoms with E-state index in [1.807, 2.05) is 37.3 Å². The monoisotopic (exact) mass is 369 g/mol. The summed E-state index contributed by atoms with van der Waals surface area (Å²) in [5.41, 5.74) is 1.52. The van der Waals surface area contributed by atoms with Crippen LogP contribution in [0.25, 0.3) is 0 Å². The molecule has 0 bridgehead atoms. The van der Waals surface area contributed by atoms with Gasteiger partial charge in [-0.3, -0.25) is 9.36 Å². The van der Waals surface area contributed by atoms with Crippen molar-refractivity contribution in [1.82, 2.24) is 24.4 Å². The van der Waals surface area contributed by atoms with Gasteiger partial charge in [-0.1, -0.05) is 35.5 Å². The number of aromatic nitrogens is 4. The Labute approximate surface area is 157 Å². The molecule has 8 heteroatoms. The van der Waals surface area contributed by atoms with Gasteiger partial charge in [0.25, 0.3) is 0 Å². The first-order valence-electron chi connectivity index (χ1n) is 8.81. The molecule has 142 valence electrons. The van der Waals surface area contributed by atoms with Gasteiger partial charge in [-0.25, -0.2) is 9.48 Å². The van der Waals surface area contributed by atoms with Gasteiger partial charge in [0, 0.05) is 19.7 Å². The van der Waals surface area contributed by atoms with Crippen molar-refractivity contribution in [1.29, 1.82) is 0 Å². The van der Waals surface area contributed by atoms with Crippen LogP contribution in [0.3, 0.4) is 0 Å². The second-order valence-corrected chi connectivity index (χ2v) is 6.48. The van der Waals surface area contributed by atoms with Gasteiger partial charge in [0.2, 0.25) is 5.91 Å². The molecule has 1 atom stereocenters. The molecule has 0 saturated carbocycles. The highest BCUT2D eigenvalue weighted by atomic mass is 16.5. The fraction of sp³-hybridized carbons (Fsp3) is 0.368. The van der Waals surface area contributed by atoms with E-state index in [2.05, 4.69) is 10.3 Å². The SMILES string of the molecule is Cc1nn(CC(=O)N(C)[C@H](C)c2ccon2)c(=O)n1CCc1ccccc1. The Morgan fingerprint density at radius 3 is 2.67 bits per heavy atom. The lowest BCUT2D eigenvalue weighted by molar-refractivity contribution is -0.132. The Balaban J connectivity index is 1.68. The zero-order valence-electron chi connectivity index (χ0n) is 15.7. The summed E-state index contributed by atoms with van der Waals surface area (Å²) >= 11 is 0. The lowest BCUT2D eigenvalue weighted by atomic mass is 10.1. The topological polar surface area (TPSA) is 86.2 Å². The lowest BCUT2D eigenvalue weighted by Gasteiger charge is -2.22. The van der Waals surface area contributed by atoms with Crippen molar-refractivity contribution in [3.8, 4) is 0 Å². The van der Waals surface area contributed by atoms with Crippen LogP contribution in [0, 0.1) is 6.92 Å². The number of aryl methyl sites for hydroxylation is 2. The molecule has 0 aliphatic heterocycles. The highest BCUT2D eigenvalue weighted by Gasteiger charge is 2.21. The number of amides is 1. The van der Waals surface area contributed by atoms with Crippen LogP contribution >= 0.6 is 0 Å². The second kappa shape index (κ2) is 8.03. The molecule has 2 aromatic heterocycles. The standard InChI is InChI=1S/C19H23N5O3/c1-14(17-10-12-27-21-17)22(3)18(25)13-24-19(26)23(15(2)20-24)11-9-16-7-5-4-6-8-16/h4-8,10,12,14H,9,11,13H2,1-3H3/t14-/m1/s1. The molecule has 0 radical (unpaired) electrons. The summed E-state index contributed by atoms with van der Waals surface area (Å²) in [5.74, 6) is 0.372. The lowest BCUT2D eigenvalue weighted by Crippen LogP contribution is -2.36. The molecular weight excluding hydrogens is 346 g/mol. The van der Waals surface area contributed by atoms with E-state index in [1.54, 1.807) is 24.6 Å². The number of carbonyl (C=O) groups is 1. The number of rotatable bonds is 7. The molecule has 0 aliphatic carbocycles. The Kier molecular flexibility index (Phi) is 5.54. The molecule has 0 fully saturated rings. The summed E-state index contributed by atoms with van der Waals surface area (Å²) in [5, 5.41) is 8.11. The fourth-order valence-corrected chi connectivity index (χ4v) is 2.89. The predicted octanol–water partition coefficient (Wildman–Crippen LogP) is 1.80. The molecule has 3 aromatic rings. The largest absolute Gasteiger partial charge is 0.364 e. The second-order valence-electron chi connectivity index (χ2n) is 6.48. The number of hydrogen-bond acceptors (Lipinski definition) is 5. The van der Waals surface area contributed by atoms with Crippen molar-refractivity contribution in [2.24, 2.45) is 0 Å². The molecule has 3 rings (SSSR count). The Morgan fingerprint density at radius 2 is 2.00 bits per heavy atom. The van der Waals surface area contributed by atoms with Gasteiger partial charge in [0.05, 0.1) is 6.04 Å². The Hall–Kier alpha value is -3.16. The molecule has 0 aliphatic rings. The van der Waals surface area contributed by atoms with Crippen molar-refractivity contribution in [2.75, 3.05) is 7.05 Å². The summed E-state index contributed by atoms with van der Waals surface area (Å²) < 4.78 is 7.64. The summed E-state index contributed by atoms with van der Waals surface area (Å²) in [6, 6.07) is 11.4. The smallest absolute Gasteiger partial charge is 0.346 e. The van der Waals surface area contributed by atoms with Gasteiger partial charge >= 0.3 is 5.69 Å². The van der Waals surface area contributed by atoms with Crippen LogP contribution in [0.2, 0.25) is 0 Å². The van der Waals surface area contributed by atoms with E-state index in [4.69, 9.17) is 4.52 Å². The minimum Gasteiger partial charge on any atom is -0.364 e. The number of likely N-dealkylation sites (N-methyl/N-ethyl adjacent to an activating group) is 1. The zero-order valence-corrected chi connectivity index (χ0v) is 15.7. The van der Waals surface area contributed by atoms with Crippen molar-refractivity contribution >= 4 is 5.91 Å². The van der Waals surface area contributed by atoms with Crippen LogP contribution in [0.1, 0.15) is 30.0 Å². The Bertz CT molecular complexity index is 944. The van der Waals surface area contributed by atoms with Crippen LogP contribution in [0.15, 0.2) is 52.0 Å². The quantitative estimate of drug-likeness (QED) is 0.634. The predicted molar refractivity (Wildman–Crippen MR) is 99.1 cm³/mol. The van der Waals surface area contributed by atoms with E-state index in [1.165, 1.54) is 15.8 Å². The molecule has 0 saturated heterocycles. The van der Waals surface area contributed by atoms with Gasteiger partial charge in [-0.2, -0.15) is 5.10 Å². The van der Waals surface area contributed by atoms with Crippen LogP contribution in [-0.4, -0.2) is 37.4 Å². The molecule has 0 N–H and O–H groups in total. The maximum Gasteiger partial charge on any atom is 0.346 e. The molecule has 1 aromatic carbocycles. The number of nitrogens with zero attached hydrogens (tertiary/aromatic N) is 5. The van der Waals surface area contributed by atoms with Gasteiger partial charge in [-0.15, -0.1) is 0 Å². The minimum atomic E-state index is -0.278. The summed E-state index contributed by atoms with van der Waals surface area (Å²) in [4.78, 5) is 26.7. The minimum absolute atomic E-state index is 0.114. The maximum atomic E-state index is 12.6. The van der Waals surface area contributed by atoms with E-state index in [0.717, 1.165) is 12.0 Å². The first-order valence-corrected chi connectivity index (χ1v) is 8.81. The van der Waals surface area contributed by atoms with Gasteiger partial charge in [0.1, 0.15) is 24.3 Å². The van der Waals surface area contributed by atoms with Gasteiger partial charge in [0.15, 0.2) is 0 Å². The fourth-order valence-electron chi connectivity index (χ4n) is 2.89. The van der Waals surface area contributed by atoms with Crippen LogP contribution < -0.4 is 5.69 Å². The van der Waals surface area contributed by atoms with Crippen molar-refractivity contribution < 1.29 is 9.32 Å². The van der Waals surface area contributed by atoms with Gasteiger partial charge in [-0.05, 0) is 25.8 Å². The molecule has 0 spiro atoms. The van der Waals surface area contributed by atoms with E-state index >= 15 is 0 Å². The van der Waals surface area contributed by atoms with Crippen molar-refractivity contribution in [3.63, 3.8) is 0 Å². The summed E-state index contributed by atoms with van der Waals surface area (Å²) in [6.45, 7) is 4.03. The molecule has 8 nitrogen and oxygen atoms in total. The third-order valence-electron chi connectivity index (χ3n) is 4.72. The maximum absolute atomic E-state index is 12.6. The Morgan fingerprint density at radius 1 is 1.26 bits per heavy atom. The summed E-state index contributed by atoms with van der Waals surface area (Å²) in [7, 11) is 1.67. The molecule has 0 unspecified atom stereocenters. The molecule has 2 heterocycles. The summed E-state index contributed by atoms with van der Waals surface area (Å²) in [6.07, 6.45) is 2.19. The van der Waals surface area contributed by atoms with Crippen LogP contribution in [0.4, 0.5) is 0 Å². The third kappa shape index (κ3) is 4.16. The van der Waals surface area contributed by atoms with Gasteiger partial charge < -0.3 is 9.42 Å². The first kappa shape index (κ1) is 18.6. The van der Waals surface area contributed by atoms with Crippen LogP contribution in [-0.2, 0) is 24.3 Å². The average Bonchev–Trinajstić information content (AvgIpc) is 3.29. The highest BCUT2D eigenvalue weighted by Crippen LogP contribution is 2.16. The molecule has 1 amide bonds. The average molecular weight is 369 g/mol. The zero-order chi connectivity index (χ0) is 19.4. The number of benzene rings is 1.